The Morgan fingerprint density at radius 1 is 0.941 bits per heavy atom. The van der Waals surface area contributed by atoms with Crippen LogP contribution < -0.4 is 5.32 Å². The second kappa shape index (κ2) is 11.2. The van der Waals surface area contributed by atoms with Gasteiger partial charge in [-0.25, -0.2) is 0 Å². The first-order valence-corrected chi connectivity index (χ1v) is 12.6. The van der Waals surface area contributed by atoms with Crippen molar-refractivity contribution in [2.24, 2.45) is 0 Å². The van der Waals surface area contributed by atoms with Crippen molar-refractivity contribution < 1.29 is 4.79 Å². The molecule has 0 aliphatic heterocycles. The highest BCUT2D eigenvalue weighted by Crippen LogP contribution is 2.29. The molecule has 0 spiro atoms. The number of nitrogens with one attached hydrogen (secondary N) is 1. The Balaban J connectivity index is 1.60. The van der Waals surface area contributed by atoms with Gasteiger partial charge in [0, 0.05) is 16.9 Å². The fourth-order valence-electron chi connectivity index (χ4n) is 3.71. The van der Waals surface area contributed by atoms with Crippen LogP contribution in [0, 0.1) is 13.8 Å². The van der Waals surface area contributed by atoms with Gasteiger partial charge in [0.15, 0.2) is 11.0 Å². The molecule has 4 aromatic rings. The number of hydrogen-bond donors (Lipinski definition) is 1. The van der Waals surface area contributed by atoms with E-state index in [1.165, 1.54) is 35.7 Å². The topological polar surface area (TPSA) is 59.8 Å². The summed E-state index contributed by atoms with van der Waals surface area (Å²) in [5.74, 6) is 0.943. The van der Waals surface area contributed by atoms with Gasteiger partial charge < -0.3 is 5.32 Å². The zero-order valence-corrected chi connectivity index (χ0v) is 20.7. The van der Waals surface area contributed by atoms with Gasteiger partial charge in [0.1, 0.15) is 0 Å². The molecule has 0 aliphatic rings. The van der Waals surface area contributed by atoms with E-state index in [9.17, 15) is 4.79 Å². The molecule has 0 atom stereocenters. The predicted octanol–water partition coefficient (Wildman–Crippen LogP) is 6.62. The summed E-state index contributed by atoms with van der Waals surface area (Å²) >= 11 is 1.39. The Hall–Kier alpha value is -3.38. The molecule has 0 saturated carbocycles. The van der Waals surface area contributed by atoms with Crippen LogP contribution in [-0.2, 0) is 11.2 Å². The summed E-state index contributed by atoms with van der Waals surface area (Å²) in [6.07, 6.45) is 3.43. The molecule has 0 radical (unpaired) electrons. The zero-order chi connectivity index (χ0) is 23.9. The molecule has 0 bridgehead atoms. The van der Waals surface area contributed by atoms with Gasteiger partial charge in [-0.15, -0.1) is 10.2 Å². The van der Waals surface area contributed by atoms with Crippen LogP contribution in [0.4, 0.5) is 5.69 Å². The molecule has 0 saturated heterocycles. The first-order valence-electron chi connectivity index (χ1n) is 11.6. The van der Waals surface area contributed by atoms with Crippen LogP contribution in [0.25, 0.3) is 17.1 Å². The van der Waals surface area contributed by atoms with Crippen LogP contribution in [0.3, 0.4) is 0 Å². The molecule has 1 amide bonds. The number of carbonyl (C=O) groups excluding carboxylic acids is 1. The third-order valence-electron chi connectivity index (χ3n) is 5.71. The Labute approximate surface area is 205 Å². The number of unbranched alkanes of at least 4 members (excludes halogenated alkanes) is 1. The van der Waals surface area contributed by atoms with Crippen LogP contribution >= 0.6 is 11.8 Å². The van der Waals surface area contributed by atoms with E-state index in [1.54, 1.807) is 0 Å². The number of hydrogen-bond acceptors (Lipinski definition) is 4. The molecular formula is C28H30N4OS. The molecule has 34 heavy (non-hydrogen) atoms. The molecule has 6 heteroatoms. The number of para-hydroxylation sites is 1. The van der Waals surface area contributed by atoms with Gasteiger partial charge in [-0.1, -0.05) is 85.3 Å². The van der Waals surface area contributed by atoms with E-state index in [2.05, 4.69) is 77.9 Å². The van der Waals surface area contributed by atoms with E-state index in [-0.39, 0.29) is 11.7 Å². The normalized spacial score (nSPS) is 10.9. The highest BCUT2D eigenvalue weighted by molar-refractivity contribution is 7.99. The fourth-order valence-corrected chi connectivity index (χ4v) is 4.46. The van der Waals surface area contributed by atoms with Crippen molar-refractivity contribution >= 4 is 23.4 Å². The molecule has 5 nitrogen and oxygen atoms in total. The van der Waals surface area contributed by atoms with Gasteiger partial charge in [-0.3, -0.25) is 9.36 Å². The third-order valence-corrected chi connectivity index (χ3v) is 6.64. The van der Waals surface area contributed by atoms with Crippen molar-refractivity contribution in [2.75, 3.05) is 11.1 Å². The average molecular weight is 471 g/mol. The molecule has 4 rings (SSSR count). The minimum Gasteiger partial charge on any atom is -0.325 e. The smallest absolute Gasteiger partial charge is 0.234 e. The number of aryl methyl sites for hydroxylation is 3. The Morgan fingerprint density at radius 2 is 1.68 bits per heavy atom. The standard InChI is InChI=1S/C28H30N4OS/c1-4-5-9-22-13-17-24(18-14-22)32-27(23-15-11-20(2)12-16-23)30-31-28(32)34-19-26(33)29-25-10-7-6-8-21(25)3/h6-8,10-18H,4-5,9,19H2,1-3H3,(H,29,33). The van der Waals surface area contributed by atoms with Crippen LogP contribution in [0.5, 0.6) is 0 Å². The second-order valence-corrected chi connectivity index (χ2v) is 9.37. The van der Waals surface area contributed by atoms with Gasteiger partial charge in [-0.2, -0.15) is 0 Å². The molecular weight excluding hydrogens is 440 g/mol. The fraction of sp³-hybridized carbons (Fsp3) is 0.250. The monoisotopic (exact) mass is 470 g/mol. The lowest BCUT2D eigenvalue weighted by molar-refractivity contribution is -0.113. The summed E-state index contributed by atoms with van der Waals surface area (Å²) < 4.78 is 2.04. The first kappa shape index (κ1) is 23.8. The molecule has 0 unspecified atom stereocenters. The lowest BCUT2D eigenvalue weighted by atomic mass is 10.1. The quantitative estimate of drug-likeness (QED) is 0.279. The summed E-state index contributed by atoms with van der Waals surface area (Å²) in [4.78, 5) is 12.7. The molecule has 1 N–H and O–H groups in total. The number of aromatic nitrogens is 3. The van der Waals surface area contributed by atoms with Crippen molar-refractivity contribution in [1.82, 2.24) is 14.8 Å². The molecule has 0 fully saturated rings. The highest BCUT2D eigenvalue weighted by Gasteiger charge is 2.17. The maximum atomic E-state index is 12.7. The van der Waals surface area contributed by atoms with Crippen LogP contribution in [0.2, 0.25) is 0 Å². The summed E-state index contributed by atoms with van der Waals surface area (Å²) in [6, 6.07) is 24.6. The Morgan fingerprint density at radius 3 is 2.38 bits per heavy atom. The van der Waals surface area contributed by atoms with E-state index >= 15 is 0 Å². The number of rotatable bonds is 9. The maximum Gasteiger partial charge on any atom is 0.234 e. The van der Waals surface area contributed by atoms with Gasteiger partial charge >= 0.3 is 0 Å². The number of benzene rings is 3. The van der Waals surface area contributed by atoms with Crippen molar-refractivity contribution in [3.8, 4) is 17.1 Å². The number of anilines is 1. The maximum absolute atomic E-state index is 12.7. The highest BCUT2D eigenvalue weighted by atomic mass is 32.2. The molecule has 0 aliphatic carbocycles. The minimum atomic E-state index is -0.0688. The van der Waals surface area contributed by atoms with E-state index in [0.717, 1.165) is 34.7 Å². The van der Waals surface area contributed by atoms with Gasteiger partial charge in [0.05, 0.1) is 5.75 Å². The number of amides is 1. The lowest BCUT2D eigenvalue weighted by Crippen LogP contribution is -2.15. The van der Waals surface area contributed by atoms with Gasteiger partial charge in [-0.05, 0) is 56.0 Å². The number of thioether (sulfide) groups is 1. The number of carbonyl (C=O) groups is 1. The molecule has 174 valence electrons. The molecule has 1 heterocycles. The Bertz CT molecular complexity index is 1250. The first-order chi connectivity index (χ1) is 16.5. The molecule has 3 aromatic carbocycles. The van der Waals surface area contributed by atoms with Crippen molar-refractivity contribution in [3.05, 3.63) is 89.5 Å². The zero-order valence-electron chi connectivity index (χ0n) is 19.9. The SMILES string of the molecule is CCCCc1ccc(-n2c(SCC(=O)Nc3ccccc3C)nnc2-c2ccc(C)cc2)cc1. The van der Waals surface area contributed by atoms with Crippen molar-refractivity contribution in [2.45, 2.75) is 45.2 Å². The Kier molecular flexibility index (Phi) is 7.80. The van der Waals surface area contributed by atoms with E-state index in [0.29, 0.717) is 5.16 Å². The number of nitrogens with zero attached hydrogens (tertiary/aromatic N) is 3. The summed E-state index contributed by atoms with van der Waals surface area (Å²) in [7, 11) is 0. The summed E-state index contributed by atoms with van der Waals surface area (Å²) in [5.41, 5.74) is 6.36. The van der Waals surface area contributed by atoms with Crippen LogP contribution in [-0.4, -0.2) is 26.4 Å². The van der Waals surface area contributed by atoms with E-state index in [4.69, 9.17) is 0 Å². The van der Waals surface area contributed by atoms with Crippen LogP contribution in [0.15, 0.2) is 78.0 Å². The van der Waals surface area contributed by atoms with Gasteiger partial charge in [0.25, 0.3) is 0 Å². The predicted molar refractivity (Wildman–Crippen MR) is 141 cm³/mol. The van der Waals surface area contributed by atoms with Crippen LogP contribution in [0.1, 0.15) is 36.5 Å². The molecule has 1 aromatic heterocycles. The van der Waals surface area contributed by atoms with Crippen molar-refractivity contribution in [1.29, 1.82) is 0 Å². The van der Waals surface area contributed by atoms with Crippen molar-refractivity contribution in [3.63, 3.8) is 0 Å². The summed E-state index contributed by atoms with van der Waals surface area (Å²) in [6.45, 7) is 6.26. The third kappa shape index (κ3) is 5.75. The van der Waals surface area contributed by atoms with E-state index < -0.39 is 0 Å². The second-order valence-electron chi connectivity index (χ2n) is 8.43. The summed E-state index contributed by atoms with van der Waals surface area (Å²) in [5, 5.41) is 12.6. The van der Waals surface area contributed by atoms with E-state index in [1.807, 2.05) is 35.8 Å². The minimum absolute atomic E-state index is 0.0688. The average Bonchev–Trinajstić information content (AvgIpc) is 3.27. The lowest BCUT2D eigenvalue weighted by Gasteiger charge is -2.12. The largest absolute Gasteiger partial charge is 0.325 e. The van der Waals surface area contributed by atoms with Gasteiger partial charge in [0.2, 0.25) is 5.91 Å².